The summed E-state index contributed by atoms with van der Waals surface area (Å²) in [5, 5.41) is 8.98. The minimum atomic E-state index is -0.953. The van der Waals surface area contributed by atoms with E-state index in [4.69, 9.17) is 17.3 Å². The van der Waals surface area contributed by atoms with Crippen molar-refractivity contribution in [1.29, 1.82) is 0 Å². The summed E-state index contributed by atoms with van der Waals surface area (Å²) in [4.78, 5) is 16.6. The Labute approximate surface area is 90.6 Å². The van der Waals surface area contributed by atoms with Crippen LogP contribution >= 0.6 is 12.2 Å². The van der Waals surface area contributed by atoms with Crippen molar-refractivity contribution >= 4 is 18.2 Å². The zero-order valence-electron chi connectivity index (χ0n) is 7.65. The van der Waals surface area contributed by atoms with Crippen LogP contribution in [0.4, 0.5) is 0 Å². The topological polar surface area (TPSA) is 68.9 Å². The summed E-state index contributed by atoms with van der Waals surface area (Å²) < 4.78 is 0.477. The third kappa shape index (κ3) is 1.82. The fraction of sp³-hybridized carbons (Fsp3) is 0. The third-order valence-corrected chi connectivity index (χ3v) is 2.26. The summed E-state index contributed by atoms with van der Waals surface area (Å²) in [7, 11) is 0. The van der Waals surface area contributed by atoms with E-state index < -0.39 is 5.97 Å². The van der Waals surface area contributed by atoms with E-state index in [1.807, 2.05) is 0 Å². The lowest BCUT2D eigenvalue weighted by atomic mass is 10.1. The first-order valence-corrected chi connectivity index (χ1v) is 4.69. The first kappa shape index (κ1) is 9.67. The predicted molar refractivity (Wildman–Crippen MR) is 58.4 cm³/mol. The maximum Gasteiger partial charge on any atom is 0.336 e. The average molecular weight is 220 g/mol. The summed E-state index contributed by atoms with van der Waals surface area (Å²) in [6, 6.07) is 6.76. The zero-order valence-corrected chi connectivity index (χ0v) is 8.47. The van der Waals surface area contributed by atoms with Crippen LogP contribution in [-0.4, -0.2) is 21.0 Å². The minimum absolute atomic E-state index is 0.253. The van der Waals surface area contributed by atoms with Crippen molar-refractivity contribution in [2.24, 2.45) is 0 Å². The number of carboxylic acids is 1. The lowest BCUT2D eigenvalue weighted by Crippen LogP contribution is -1.98. The second kappa shape index (κ2) is 3.70. The quantitative estimate of drug-likeness (QED) is 0.681. The molecule has 76 valence electrons. The van der Waals surface area contributed by atoms with Crippen LogP contribution < -0.4 is 0 Å². The second-order valence-corrected chi connectivity index (χ2v) is 3.42. The molecule has 5 heteroatoms. The van der Waals surface area contributed by atoms with Gasteiger partial charge in [-0.25, -0.2) is 4.79 Å². The van der Waals surface area contributed by atoms with Gasteiger partial charge in [-0.1, -0.05) is 18.2 Å². The Balaban J connectivity index is 2.62. The van der Waals surface area contributed by atoms with Gasteiger partial charge >= 0.3 is 5.97 Å². The lowest BCUT2D eigenvalue weighted by molar-refractivity contribution is 0.0697. The number of aromatic amines is 2. The molecule has 0 amide bonds. The number of H-pyrrole nitrogens is 2. The Morgan fingerprint density at radius 1 is 1.33 bits per heavy atom. The molecular formula is C10H8N2O2S. The van der Waals surface area contributed by atoms with E-state index in [2.05, 4.69) is 9.97 Å². The van der Waals surface area contributed by atoms with E-state index in [0.717, 1.165) is 0 Å². The second-order valence-electron chi connectivity index (χ2n) is 3.01. The van der Waals surface area contributed by atoms with E-state index in [9.17, 15) is 4.79 Å². The summed E-state index contributed by atoms with van der Waals surface area (Å²) in [6.45, 7) is 0. The highest BCUT2D eigenvalue weighted by Crippen LogP contribution is 2.21. The highest BCUT2D eigenvalue weighted by molar-refractivity contribution is 7.71. The Morgan fingerprint density at radius 2 is 2.07 bits per heavy atom. The zero-order chi connectivity index (χ0) is 10.8. The molecule has 3 N–H and O–H groups in total. The Hall–Kier alpha value is -1.88. The van der Waals surface area contributed by atoms with Gasteiger partial charge in [-0.05, 0) is 18.3 Å². The smallest absolute Gasteiger partial charge is 0.336 e. The van der Waals surface area contributed by atoms with Gasteiger partial charge in [0.1, 0.15) is 0 Å². The molecule has 2 aromatic rings. The first-order valence-electron chi connectivity index (χ1n) is 4.29. The number of rotatable bonds is 2. The number of carbonyl (C=O) groups is 1. The van der Waals surface area contributed by atoms with Crippen molar-refractivity contribution in [3.05, 3.63) is 40.8 Å². The van der Waals surface area contributed by atoms with Crippen LogP contribution in [0, 0.1) is 4.77 Å². The van der Waals surface area contributed by atoms with Crippen LogP contribution in [-0.2, 0) is 0 Å². The number of carboxylic acid groups (broad SMARTS) is 1. The predicted octanol–water partition coefficient (Wildman–Crippen LogP) is 2.44. The van der Waals surface area contributed by atoms with Gasteiger partial charge < -0.3 is 15.1 Å². The van der Waals surface area contributed by atoms with Crippen molar-refractivity contribution in [2.75, 3.05) is 0 Å². The van der Waals surface area contributed by atoms with Gasteiger partial charge in [0.2, 0.25) is 0 Å². The van der Waals surface area contributed by atoms with Gasteiger partial charge in [0.05, 0.1) is 11.3 Å². The molecular weight excluding hydrogens is 212 g/mol. The third-order valence-electron chi connectivity index (χ3n) is 2.04. The largest absolute Gasteiger partial charge is 0.478 e. The molecule has 0 spiro atoms. The fourth-order valence-electron chi connectivity index (χ4n) is 1.38. The highest BCUT2D eigenvalue weighted by atomic mass is 32.1. The van der Waals surface area contributed by atoms with Crippen molar-refractivity contribution < 1.29 is 9.90 Å². The Bertz CT molecular complexity index is 556. The molecule has 0 aliphatic heterocycles. The van der Waals surface area contributed by atoms with Gasteiger partial charge in [-0.2, -0.15) is 0 Å². The molecule has 0 radical (unpaired) electrons. The standard InChI is InChI=1S/C10H8N2O2S/c13-9(14)7-4-2-1-3-6(7)8-5-11-10(15)12-8/h1-5H,(H,13,14)(H2,11,12,15). The van der Waals surface area contributed by atoms with Gasteiger partial charge in [0.15, 0.2) is 4.77 Å². The number of aromatic nitrogens is 2. The molecule has 0 atom stereocenters. The average Bonchev–Trinajstić information content (AvgIpc) is 2.65. The van der Waals surface area contributed by atoms with Gasteiger partial charge in [0.25, 0.3) is 0 Å². The molecule has 0 unspecified atom stereocenters. The molecule has 0 saturated carbocycles. The number of nitrogens with one attached hydrogen (secondary N) is 2. The fourth-order valence-corrected chi connectivity index (χ4v) is 1.55. The molecule has 15 heavy (non-hydrogen) atoms. The van der Waals surface area contributed by atoms with Crippen molar-refractivity contribution in [2.45, 2.75) is 0 Å². The number of hydrogen-bond donors (Lipinski definition) is 3. The molecule has 4 nitrogen and oxygen atoms in total. The van der Waals surface area contributed by atoms with E-state index >= 15 is 0 Å². The van der Waals surface area contributed by atoms with Crippen LogP contribution in [0.15, 0.2) is 30.5 Å². The number of aromatic carboxylic acids is 1. The summed E-state index contributed by atoms with van der Waals surface area (Å²) in [5.41, 5.74) is 1.55. The van der Waals surface area contributed by atoms with Crippen LogP contribution in [0.3, 0.4) is 0 Å². The normalized spacial score (nSPS) is 10.1. The molecule has 1 heterocycles. The van der Waals surface area contributed by atoms with E-state index in [0.29, 0.717) is 16.0 Å². The number of benzene rings is 1. The van der Waals surface area contributed by atoms with E-state index in [1.54, 1.807) is 30.5 Å². The van der Waals surface area contributed by atoms with Crippen LogP contribution in [0.5, 0.6) is 0 Å². The number of hydrogen-bond acceptors (Lipinski definition) is 2. The molecule has 0 aliphatic rings. The summed E-state index contributed by atoms with van der Waals surface area (Å²) in [5.74, 6) is -0.953. The minimum Gasteiger partial charge on any atom is -0.478 e. The monoisotopic (exact) mass is 220 g/mol. The Morgan fingerprint density at radius 3 is 2.67 bits per heavy atom. The first-order chi connectivity index (χ1) is 7.18. The molecule has 0 fully saturated rings. The van der Waals surface area contributed by atoms with Gasteiger partial charge in [-0.3, -0.25) is 0 Å². The molecule has 0 bridgehead atoms. The van der Waals surface area contributed by atoms with Crippen LogP contribution in [0.1, 0.15) is 10.4 Å². The molecule has 1 aromatic heterocycles. The molecule has 0 saturated heterocycles. The van der Waals surface area contributed by atoms with Crippen molar-refractivity contribution in [3.63, 3.8) is 0 Å². The van der Waals surface area contributed by atoms with Crippen LogP contribution in [0.2, 0.25) is 0 Å². The van der Waals surface area contributed by atoms with E-state index in [1.165, 1.54) is 0 Å². The van der Waals surface area contributed by atoms with Gasteiger partial charge in [-0.15, -0.1) is 0 Å². The highest BCUT2D eigenvalue weighted by Gasteiger charge is 2.11. The van der Waals surface area contributed by atoms with Crippen molar-refractivity contribution in [1.82, 2.24) is 9.97 Å². The summed E-state index contributed by atoms with van der Waals surface area (Å²) >= 11 is 4.88. The van der Waals surface area contributed by atoms with Crippen molar-refractivity contribution in [3.8, 4) is 11.3 Å². The maximum absolute atomic E-state index is 11.0. The van der Waals surface area contributed by atoms with E-state index in [-0.39, 0.29) is 5.56 Å². The SMILES string of the molecule is O=C(O)c1ccccc1-c1c[nH]c(=S)[nH]1. The van der Waals surface area contributed by atoms with Gasteiger partial charge in [0, 0.05) is 11.8 Å². The maximum atomic E-state index is 11.0. The number of imidazole rings is 1. The molecule has 1 aromatic carbocycles. The molecule has 0 aliphatic carbocycles. The van der Waals surface area contributed by atoms with Crippen LogP contribution in [0.25, 0.3) is 11.3 Å². The lowest BCUT2D eigenvalue weighted by Gasteiger charge is -2.01. The summed E-state index contributed by atoms with van der Waals surface area (Å²) in [6.07, 6.45) is 1.66. The Kier molecular flexibility index (Phi) is 2.39. The molecule has 2 rings (SSSR count).